The van der Waals surface area contributed by atoms with E-state index in [1.54, 1.807) is 0 Å². The second kappa shape index (κ2) is 6.70. The summed E-state index contributed by atoms with van der Waals surface area (Å²) in [6.07, 6.45) is 6.59. The van der Waals surface area contributed by atoms with Gasteiger partial charge in [-0.25, -0.2) is 4.79 Å². The summed E-state index contributed by atoms with van der Waals surface area (Å²) >= 11 is 1.82. The number of thiophene rings is 1. The Morgan fingerprint density at radius 2 is 1.96 bits per heavy atom. The van der Waals surface area contributed by atoms with Crippen LogP contribution in [0, 0.1) is 16.7 Å². The quantitative estimate of drug-likeness (QED) is 0.783. The second-order valence-electron chi connectivity index (χ2n) is 9.72. The highest BCUT2D eigenvalue weighted by molar-refractivity contribution is 7.12. The number of aryl methyl sites for hydroxylation is 1. The number of aromatic carboxylic acids is 1. The summed E-state index contributed by atoms with van der Waals surface area (Å²) in [5.74, 6) is 0.212. The molecule has 2 atom stereocenters. The van der Waals surface area contributed by atoms with E-state index in [1.807, 2.05) is 18.4 Å². The van der Waals surface area contributed by atoms with Gasteiger partial charge in [0, 0.05) is 9.75 Å². The van der Waals surface area contributed by atoms with E-state index in [9.17, 15) is 9.90 Å². The van der Waals surface area contributed by atoms with E-state index in [0.29, 0.717) is 22.8 Å². The minimum absolute atomic E-state index is 0.217. The van der Waals surface area contributed by atoms with E-state index in [-0.39, 0.29) is 5.41 Å². The van der Waals surface area contributed by atoms with Crippen LogP contribution in [0.4, 0.5) is 0 Å². The number of carboxylic acids is 1. The highest BCUT2D eigenvalue weighted by Crippen LogP contribution is 2.51. The molecule has 1 heterocycles. The van der Waals surface area contributed by atoms with Gasteiger partial charge in [0.05, 0.1) is 5.56 Å². The molecular formula is C21H33NO2S. The van der Waals surface area contributed by atoms with Gasteiger partial charge in [0.25, 0.3) is 0 Å². The molecule has 0 aliphatic heterocycles. The monoisotopic (exact) mass is 363 g/mol. The molecule has 0 unspecified atom stereocenters. The summed E-state index contributed by atoms with van der Waals surface area (Å²) in [7, 11) is 2.01. The van der Waals surface area contributed by atoms with E-state index >= 15 is 0 Å². The maximum Gasteiger partial charge on any atom is 0.337 e. The number of hydrogen-bond acceptors (Lipinski definition) is 3. The molecule has 1 fully saturated rings. The lowest BCUT2D eigenvalue weighted by atomic mass is 9.66. The number of hydrogen-bond donors (Lipinski definition) is 2. The summed E-state index contributed by atoms with van der Waals surface area (Å²) in [6.45, 7) is 10.2. The first-order chi connectivity index (χ1) is 11.6. The second-order valence-corrected chi connectivity index (χ2v) is 10.9. The summed E-state index contributed by atoms with van der Waals surface area (Å²) in [5, 5.41) is 13.4. The van der Waals surface area contributed by atoms with Gasteiger partial charge in [-0.1, -0.05) is 27.7 Å². The Kier molecular flexibility index (Phi) is 5.06. The Labute approximate surface area is 156 Å². The zero-order valence-electron chi connectivity index (χ0n) is 16.4. The van der Waals surface area contributed by atoms with E-state index in [0.717, 1.165) is 37.8 Å². The van der Waals surface area contributed by atoms with Crippen molar-refractivity contribution >= 4 is 17.3 Å². The molecule has 0 aromatic carbocycles. The topological polar surface area (TPSA) is 49.3 Å². The van der Waals surface area contributed by atoms with Crippen molar-refractivity contribution in [3.63, 3.8) is 0 Å². The fourth-order valence-corrected chi connectivity index (χ4v) is 6.54. The van der Waals surface area contributed by atoms with Crippen LogP contribution in [-0.4, -0.2) is 24.7 Å². The van der Waals surface area contributed by atoms with Crippen molar-refractivity contribution in [3.8, 4) is 0 Å². The van der Waals surface area contributed by atoms with Crippen LogP contribution >= 0.6 is 11.3 Å². The van der Waals surface area contributed by atoms with Crippen molar-refractivity contribution in [3.05, 3.63) is 20.9 Å². The minimum atomic E-state index is -0.710. The maximum atomic E-state index is 12.2. The number of nitrogens with one attached hydrogen (secondary N) is 1. The van der Waals surface area contributed by atoms with E-state index in [4.69, 9.17) is 0 Å². The van der Waals surface area contributed by atoms with Gasteiger partial charge < -0.3 is 10.4 Å². The average molecular weight is 364 g/mol. The van der Waals surface area contributed by atoms with E-state index in [2.05, 4.69) is 33.0 Å². The molecule has 0 saturated heterocycles. The van der Waals surface area contributed by atoms with Crippen molar-refractivity contribution in [2.45, 2.75) is 72.1 Å². The molecule has 0 spiro atoms. The number of carboxylic acid groups (broad SMARTS) is 1. The Morgan fingerprint density at radius 3 is 2.60 bits per heavy atom. The van der Waals surface area contributed by atoms with Crippen molar-refractivity contribution in [2.75, 3.05) is 13.6 Å². The van der Waals surface area contributed by atoms with Gasteiger partial charge in [0.1, 0.15) is 0 Å². The largest absolute Gasteiger partial charge is 0.478 e. The average Bonchev–Trinajstić information content (AvgIpc) is 2.84. The summed E-state index contributed by atoms with van der Waals surface area (Å²) < 4.78 is 0. The predicted octanol–water partition coefficient (Wildman–Crippen LogP) is 5.09. The van der Waals surface area contributed by atoms with Gasteiger partial charge >= 0.3 is 5.97 Å². The predicted molar refractivity (Wildman–Crippen MR) is 105 cm³/mol. The van der Waals surface area contributed by atoms with Crippen LogP contribution in [0.1, 0.15) is 85.0 Å². The number of carbonyl (C=O) groups is 1. The molecule has 3 rings (SSSR count). The van der Waals surface area contributed by atoms with E-state index in [1.165, 1.54) is 22.6 Å². The van der Waals surface area contributed by atoms with Crippen LogP contribution in [0.25, 0.3) is 0 Å². The molecule has 1 saturated carbocycles. The van der Waals surface area contributed by atoms with Crippen molar-refractivity contribution in [1.82, 2.24) is 5.32 Å². The third-order valence-electron chi connectivity index (χ3n) is 6.33. The summed E-state index contributed by atoms with van der Waals surface area (Å²) in [6, 6.07) is 0. The van der Waals surface area contributed by atoms with Crippen LogP contribution in [0.5, 0.6) is 0 Å². The fraction of sp³-hybridized carbons (Fsp3) is 0.762. The first kappa shape index (κ1) is 18.9. The smallest absolute Gasteiger partial charge is 0.337 e. The third-order valence-corrected chi connectivity index (χ3v) is 7.76. The number of fused-ring (bicyclic) bond motifs is 1. The highest BCUT2D eigenvalue weighted by atomic mass is 32.1. The Morgan fingerprint density at radius 1 is 1.24 bits per heavy atom. The molecule has 25 heavy (non-hydrogen) atoms. The molecule has 3 nitrogen and oxygen atoms in total. The van der Waals surface area contributed by atoms with Gasteiger partial charge in [0.2, 0.25) is 0 Å². The molecule has 0 radical (unpaired) electrons. The van der Waals surface area contributed by atoms with Gasteiger partial charge in [0.15, 0.2) is 0 Å². The maximum absolute atomic E-state index is 12.2. The lowest BCUT2D eigenvalue weighted by Gasteiger charge is -2.41. The van der Waals surface area contributed by atoms with Crippen molar-refractivity contribution in [2.24, 2.45) is 16.7 Å². The summed E-state index contributed by atoms with van der Waals surface area (Å²) in [4.78, 5) is 14.7. The van der Waals surface area contributed by atoms with E-state index < -0.39 is 5.97 Å². The SMILES string of the molecule is CNC[C@@H]1CC(C)(C)CC[C@@H]1c1sc2c(c1C(=O)O)CC(C)(C)CC2. The third kappa shape index (κ3) is 3.80. The molecule has 0 bridgehead atoms. The summed E-state index contributed by atoms with van der Waals surface area (Å²) in [5.41, 5.74) is 2.39. The Hall–Kier alpha value is -0.870. The van der Waals surface area contributed by atoms with Crippen LogP contribution in [-0.2, 0) is 12.8 Å². The molecule has 140 valence electrons. The molecule has 2 aliphatic rings. The Bertz CT molecular complexity index is 659. The normalized spacial score (nSPS) is 27.7. The molecule has 2 aliphatic carbocycles. The lowest BCUT2D eigenvalue weighted by molar-refractivity contribution is 0.0691. The zero-order chi connectivity index (χ0) is 18.4. The lowest BCUT2D eigenvalue weighted by Crippen LogP contribution is -2.34. The van der Waals surface area contributed by atoms with Gasteiger partial charge in [-0.3, -0.25) is 0 Å². The minimum Gasteiger partial charge on any atom is -0.478 e. The van der Waals surface area contributed by atoms with Crippen LogP contribution in [0.3, 0.4) is 0 Å². The van der Waals surface area contributed by atoms with Crippen LogP contribution in [0.15, 0.2) is 0 Å². The zero-order valence-corrected chi connectivity index (χ0v) is 17.2. The molecule has 0 amide bonds. The standard InChI is InChI=1S/C21H33NO2S/c1-20(2)8-6-14(13(10-20)12-22-5)18-17(19(23)24)15-11-21(3,4)9-7-16(15)25-18/h13-14,22H,6-12H2,1-5H3,(H,23,24)/t13-,14-/m0/s1. The van der Waals surface area contributed by atoms with Crippen LogP contribution in [0.2, 0.25) is 0 Å². The molecule has 2 N–H and O–H groups in total. The fourth-order valence-electron chi connectivity index (χ4n) is 4.99. The van der Waals surface area contributed by atoms with Crippen molar-refractivity contribution < 1.29 is 9.90 Å². The molecule has 1 aromatic rings. The molecular weight excluding hydrogens is 330 g/mol. The van der Waals surface area contributed by atoms with Gasteiger partial charge in [-0.15, -0.1) is 11.3 Å². The molecule has 4 heteroatoms. The van der Waals surface area contributed by atoms with Gasteiger partial charge in [-0.2, -0.15) is 0 Å². The van der Waals surface area contributed by atoms with Crippen LogP contribution < -0.4 is 5.32 Å². The number of rotatable bonds is 4. The first-order valence-electron chi connectivity index (χ1n) is 9.66. The highest BCUT2D eigenvalue weighted by Gasteiger charge is 2.40. The Balaban J connectivity index is 2.02. The van der Waals surface area contributed by atoms with Gasteiger partial charge in [-0.05, 0) is 80.3 Å². The van der Waals surface area contributed by atoms with Crippen molar-refractivity contribution in [1.29, 1.82) is 0 Å². The molecule has 1 aromatic heterocycles. The first-order valence-corrected chi connectivity index (χ1v) is 10.5.